The van der Waals surface area contributed by atoms with Crippen molar-refractivity contribution in [2.75, 3.05) is 33.4 Å². The number of hydrogen-bond acceptors (Lipinski definition) is 4. The summed E-state index contributed by atoms with van der Waals surface area (Å²) in [5, 5.41) is 6.04. The van der Waals surface area contributed by atoms with E-state index in [-0.39, 0.29) is 12.5 Å². The molecule has 1 amide bonds. The Labute approximate surface area is 144 Å². The van der Waals surface area contributed by atoms with Crippen LogP contribution < -0.4 is 10.6 Å². The van der Waals surface area contributed by atoms with E-state index in [1.165, 1.54) is 11.2 Å². The SMILES string of the molecule is CCNC(=NCc1ccc(S(C)(=O)=O)c(C)c1)NCC(=O)N(C)C. The Bertz CT molecular complexity index is 712. The number of guanidine groups is 1. The molecule has 0 radical (unpaired) electrons. The predicted octanol–water partition coefficient (Wildman–Crippen LogP) is 0.542. The van der Waals surface area contributed by atoms with Crippen molar-refractivity contribution < 1.29 is 13.2 Å². The maximum Gasteiger partial charge on any atom is 0.241 e. The number of rotatable bonds is 6. The number of carbonyl (C=O) groups is 1. The number of carbonyl (C=O) groups excluding carboxylic acids is 1. The molecule has 0 aliphatic heterocycles. The molecule has 0 fully saturated rings. The van der Waals surface area contributed by atoms with Crippen LogP contribution in [0.25, 0.3) is 0 Å². The summed E-state index contributed by atoms with van der Waals surface area (Å²) in [5.41, 5.74) is 1.60. The molecule has 24 heavy (non-hydrogen) atoms. The van der Waals surface area contributed by atoms with Crippen LogP contribution in [0.4, 0.5) is 0 Å². The third-order valence-electron chi connectivity index (χ3n) is 3.31. The first-order valence-corrected chi connectivity index (χ1v) is 9.56. The zero-order chi connectivity index (χ0) is 18.3. The first kappa shape index (κ1) is 20.0. The molecular formula is C16H26N4O3S. The van der Waals surface area contributed by atoms with Crippen LogP contribution in [0.3, 0.4) is 0 Å². The average molecular weight is 354 g/mol. The molecule has 8 heteroatoms. The van der Waals surface area contributed by atoms with Crippen molar-refractivity contribution in [1.29, 1.82) is 0 Å². The minimum absolute atomic E-state index is 0.0473. The van der Waals surface area contributed by atoms with Crippen LogP contribution in [-0.4, -0.2) is 58.6 Å². The number of aliphatic imine (C=N–C) groups is 1. The zero-order valence-electron chi connectivity index (χ0n) is 14.9. The summed E-state index contributed by atoms with van der Waals surface area (Å²) in [4.78, 5) is 17.9. The molecule has 134 valence electrons. The topological polar surface area (TPSA) is 90.9 Å². The fourth-order valence-electron chi connectivity index (χ4n) is 2.06. The molecule has 1 aromatic carbocycles. The van der Waals surface area contributed by atoms with E-state index >= 15 is 0 Å². The second kappa shape index (κ2) is 8.68. The van der Waals surface area contributed by atoms with Crippen LogP contribution in [0.15, 0.2) is 28.1 Å². The van der Waals surface area contributed by atoms with Crippen molar-refractivity contribution in [3.8, 4) is 0 Å². The highest BCUT2D eigenvalue weighted by Crippen LogP contribution is 2.17. The highest BCUT2D eigenvalue weighted by molar-refractivity contribution is 7.90. The van der Waals surface area contributed by atoms with Gasteiger partial charge in [-0.3, -0.25) is 4.79 Å². The molecule has 2 N–H and O–H groups in total. The summed E-state index contributed by atoms with van der Waals surface area (Å²) in [6, 6.07) is 5.17. The van der Waals surface area contributed by atoms with Gasteiger partial charge in [0.2, 0.25) is 5.91 Å². The summed E-state index contributed by atoms with van der Waals surface area (Å²) < 4.78 is 23.3. The van der Waals surface area contributed by atoms with Crippen LogP contribution in [-0.2, 0) is 21.2 Å². The van der Waals surface area contributed by atoms with Gasteiger partial charge >= 0.3 is 0 Å². The quantitative estimate of drug-likeness (QED) is 0.575. The highest BCUT2D eigenvalue weighted by atomic mass is 32.2. The van der Waals surface area contributed by atoms with Gasteiger partial charge < -0.3 is 15.5 Å². The van der Waals surface area contributed by atoms with Gasteiger partial charge in [-0.05, 0) is 31.0 Å². The Morgan fingerprint density at radius 1 is 1.25 bits per heavy atom. The number of benzene rings is 1. The first-order valence-electron chi connectivity index (χ1n) is 7.67. The van der Waals surface area contributed by atoms with Crippen molar-refractivity contribution in [2.45, 2.75) is 25.3 Å². The van der Waals surface area contributed by atoms with Gasteiger partial charge in [0.25, 0.3) is 0 Å². The molecule has 0 heterocycles. The molecule has 0 unspecified atom stereocenters. The van der Waals surface area contributed by atoms with Gasteiger partial charge in [-0.15, -0.1) is 0 Å². The van der Waals surface area contributed by atoms with Crippen LogP contribution in [0.5, 0.6) is 0 Å². The van der Waals surface area contributed by atoms with E-state index in [1.807, 2.05) is 13.0 Å². The van der Waals surface area contributed by atoms with Crippen molar-refractivity contribution in [3.63, 3.8) is 0 Å². The molecule has 0 saturated heterocycles. The molecule has 1 rings (SSSR count). The van der Waals surface area contributed by atoms with E-state index < -0.39 is 9.84 Å². The van der Waals surface area contributed by atoms with E-state index in [1.54, 1.807) is 33.2 Å². The van der Waals surface area contributed by atoms with E-state index in [4.69, 9.17) is 0 Å². The number of nitrogens with one attached hydrogen (secondary N) is 2. The number of likely N-dealkylation sites (N-methyl/N-ethyl adjacent to an activating group) is 1. The monoisotopic (exact) mass is 354 g/mol. The lowest BCUT2D eigenvalue weighted by atomic mass is 10.1. The molecule has 0 aromatic heterocycles. The molecule has 0 atom stereocenters. The molecular weight excluding hydrogens is 328 g/mol. The number of sulfone groups is 1. The Morgan fingerprint density at radius 2 is 1.92 bits per heavy atom. The van der Waals surface area contributed by atoms with Crippen molar-refractivity contribution in [3.05, 3.63) is 29.3 Å². The Balaban J connectivity index is 2.83. The molecule has 0 spiro atoms. The summed E-state index contributed by atoms with van der Waals surface area (Å²) >= 11 is 0. The third-order valence-corrected chi connectivity index (χ3v) is 4.57. The second-order valence-electron chi connectivity index (χ2n) is 5.71. The van der Waals surface area contributed by atoms with Gasteiger partial charge in [-0.1, -0.05) is 12.1 Å². The summed E-state index contributed by atoms with van der Waals surface area (Å²) in [6.07, 6.45) is 1.20. The van der Waals surface area contributed by atoms with Crippen molar-refractivity contribution in [1.82, 2.24) is 15.5 Å². The number of amides is 1. The minimum Gasteiger partial charge on any atom is -0.357 e. The summed E-state index contributed by atoms with van der Waals surface area (Å²) in [7, 11) is 0.170. The Kier molecular flexibility index (Phi) is 7.21. The van der Waals surface area contributed by atoms with E-state index in [2.05, 4.69) is 15.6 Å². The second-order valence-corrected chi connectivity index (χ2v) is 7.69. The summed E-state index contributed by atoms with van der Waals surface area (Å²) in [5.74, 6) is 0.492. The normalized spacial score (nSPS) is 12.0. The van der Waals surface area contributed by atoms with Gasteiger partial charge in [0.15, 0.2) is 15.8 Å². The number of hydrogen-bond donors (Lipinski definition) is 2. The molecule has 1 aromatic rings. The Hall–Kier alpha value is -2.09. The minimum atomic E-state index is -3.22. The van der Waals surface area contributed by atoms with Gasteiger partial charge in [-0.2, -0.15) is 0 Å². The molecule has 0 aliphatic carbocycles. The smallest absolute Gasteiger partial charge is 0.241 e. The fourth-order valence-corrected chi connectivity index (χ4v) is 3.01. The molecule has 0 bridgehead atoms. The molecule has 7 nitrogen and oxygen atoms in total. The van der Waals surface area contributed by atoms with Gasteiger partial charge in [0.05, 0.1) is 18.0 Å². The lowest BCUT2D eigenvalue weighted by molar-refractivity contribution is -0.127. The zero-order valence-corrected chi connectivity index (χ0v) is 15.7. The fraction of sp³-hybridized carbons (Fsp3) is 0.500. The van der Waals surface area contributed by atoms with E-state index in [0.717, 1.165) is 5.56 Å². The van der Waals surface area contributed by atoms with Crippen LogP contribution in [0.2, 0.25) is 0 Å². The van der Waals surface area contributed by atoms with Crippen LogP contribution in [0.1, 0.15) is 18.1 Å². The van der Waals surface area contributed by atoms with Crippen molar-refractivity contribution >= 4 is 21.7 Å². The number of aryl methyl sites for hydroxylation is 1. The lowest BCUT2D eigenvalue weighted by Gasteiger charge is -2.14. The van der Waals surface area contributed by atoms with Crippen LogP contribution in [0, 0.1) is 6.92 Å². The Morgan fingerprint density at radius 3 is 2.42 bits per heavy atom. The third kappa shape index (κ3) is 6.19. The lowest BCUT2D eigenvalue weighted by Crippen LogP contribution is -2.42. The van der Waals surface area contributed by atoms with Crippen molar-refractivity contribution in [2.24, 2.45) is 4.99 Å². The van der Waals surface area contributed by atoms with E-state index in [9.17, 15) is 13.2 Å². The average Bonchev–Trinajstić information content (AvgIpc) is 2.48. The van der Waals surface area contributed by atoms with Crippen LogP contribution >= 0.6 is 0 Å². The molecule has 0 aliphatic rings. The maximum atomic E-state index is 11.6. The predicted molar refractivity (Wildman–Crippen MR) is 95.8 cm³/mol. The highest BCUT2D eigenvalue weighted by Gasteiger charge is 2.11. The van der Waals surface area contributed by atoms with Gasteiger partial charge in [-0.25, -0.2) is 13.4 Å². The van der Waals surface area contributed by atoms with Gasteiger partial charge in [0.1, 0.15) is 0 Å². The maximum absolute atomic E-state index is 11.6. The standard InChI is InChI=1S/C16H26N4O3S/c1-6-17-16(19-11-15(21)20(3)4)18-10-13-7-8-14(12(2)9-13)24(5,22)23/h7-9H,6,10-11H2,1-5H3,(H2,17,18,19). The largest absolute Gasteiger partial charge is 0.357 e. The van der Waals surface area contributed by atoms with Gasteiger partial charge in [0, 0.05) is 26.9 Å². The number of nitrogens with zero attached hydrogens (tertiary/aromatic N) is 2. The summed E-state index contributed by atoms with van der Waals surface area (Å²) in [6.45, 7) is 4.92. The molecule has 0 saturated carbocycles. The van der Waals surface area contributed by atoms with E-state index in [0.29, 0.717) is 29.5 Å². The first-order chi connectivity index (χ1) is 11.1.